The third-order valence-corrected chi connectivity index (χ3v) is 4.67. The van der Waals surface area contributed by atoms with Crippen LogP contribution in [0.1, 0.15) is 26.3 Å². The maximum absolute atomic E-state index is 14.3. The molecule has 1 atom stereocenters. The van der Waals surface area contributed by atoms with Gasteiger partial charge in [0.1, 0.15) is 17.3 Å². The number of nitrogens with two attached hydrogens (primary N) is 1. The molecule has 0 bridgehead atoms. The molecule has 2 N–H and O–H groups in total. The van der Waals surface area contributed by atoms with Crippen LogP contribution in [0.25, 0.3) is 0 Å². The highest BCUT2D eigenvalue weighted by atomic mass is 32.2. The molecule has 0 spiro atoms. The Kier molecular flexibility index (Phi) is 4.59. The second-order valence-electron chi connectivity index (χ2n) is 6.12. The summed E-state index contributed by atoms with van der Waals surface area (Å²) in [4.78, 5) is 1.82. The van der Waals surface area contributed by atoms with E-state index in [0.29, 0.717) is 25.1 Å². The predicted octanol–water partition coefficient (Wildman–Crippen LogP) is 3.19. The van der Waals surface area contributed by atoms with Crippen LogP contribution in [0.5, 0.6) is 0 Å². The quantitative estimate of drug-likeness (QED) is 0.929. The monoisotopic (exact) mass is 300 g/mol. The molecule has 1 aromatic carbocycles. The second-order valence-corrected chi connectivity index (χ2v) is 7.92. The number of anilines is 1. The number of nitrogens with zero attached hydrogens (tertiary/aromatic N) is 1. The fourth-order valence-corrected chi connectivity index (χ4v) is 3.73. The summed E-state index contributed by atoms with van der Waals surface area (Å²) >= 11 is 1.84. The lowest BCUT2D eigenvalue weighted by molar-refractivity contribution is 0.553. The zero-order valence-corrected chi connectivity index (χ0v) is 13.1. The normalized spacial score (nSPS) is 20.0. The average Bonchev–Trinajstić information content (AvgIpc) is 2.25. The first-order valence-electron chi connectivity index (χ1n) is 6.91. The lowest BCUT2D eigenvalue weighted by Crippen LogP contribution is -2.44. The Morgan fingerprint density at radius 3 is 2.45 bits per heavy atom. The molecular formula is C15H22F2N2S. The Hall–Kier alpha value is -0.810. The van der Waals surface area contributed by atoms with Crippen molar-refractivity contribution in [1.82, 2.24) is 0 Å². The van der Waals surface area contributed by atoms with Crippen molar-refractivity contribution in [3.05, 3.63) is 29.3 Å². The van der Waals surface area contributed by atoms with E-state index in [4.69, 9.17) is 5.73 Å². The SMILES string of the molecule is CC(N)Cc1cc(F)c(N2CCSC(C)(C)C2)c(F)c1. The van der Waals surface area contributed by atoms with Gasteiger partial charge in [-0.2, -0.15) is 11.8 Å². The highest BCUT2D eigenvalue weighted by molar-refractivity contribution is 8.00. The summed E-state index contributed by atoms with van der Waals surface area (Å²) in [7, 11) is 0. The van der Waals surface area contributed by atoms with E-state index in [1.807, 2.05) is 23.6 Å². The smallest absolute Gasteiger partial charge is 0.149 e. The topological polar surface area (TPSA) is 29.3 Å². The molecule has 0 saturated carbocycles. The maximum atomic E-state index is 14.3. The van der Waals surface area contributed by atoms with Crippen molar-refractivity contribution in [3.8, 4) is 0 Å². The van der Waals surface area contributed by atoms with Crippen molar-refractivity contribution < 1.29 is 8.78 Å². The Morgan fingerprint density at radius 1 is 1.35 bits per heavy atom. The zero-order chi connectivity index (χ0) is 14.9. The van der Waals surface area contributed by atoms with Gasteiger partial charge in [-0.25, -0.2) is 8.78 Å². The molecule has 1 heterocycles. The lowest BCUT2D eigenvalue weighted by Gasteiger charge is -2.39. The van der Waals surface area contributed by atoms with Crippen LogP contribution in [0.2, 0.25) is 0 Å². The third kappa shape index (κ3) is 3.64. The lowest BCUT2D eigenvalue weighted by atomic mass is 10.1. The van der Waals surface area contributed by atoms with Crippen LogP contribution < -0.4 is 10.6 Å². The molecule has 1 aliphatic heterocycles. The summed E-state index contributed by atoms with van der Waals surface area (Å²) in [5.41, 5.74) is 6.40. The summed E-state index contributed by atoms with van der Waals surface area (Å²) in [6.07, 6.45) is 0.482. The molecule has 112 valence electrons. The summed E-state index contributed by atoms with van der Waals surface area (Å²) in [6.45, 7) is 7.36. The van der Waals surface area contributed by atoms with E-state index < -0.39 is 11.6 Å². The molecule has 20 heavy (non-hydrogen) atoms. The fourth-order valence-electron chi connectivity index (χ4n) is 2.62. The van der Waals surface area contributed by atoms with E-state index >= 15 is 0 Å². The van der Waals surface area contributed by atoms with Crippen molar-refractivity contribution >= 4 is 17.4 Å². The van der Waals surface area contributed by atoms with Crippen molar-refractivity contribution in [2.45, 2.75) is 38.0 Å². The highest BCUT2D eigenvalue weighted by Crippen LogP contribution is 2.34. The van der Waals surface area contributed by atoms with Crippen LogP contribution in [-0.4, -0.2) is 29.6 Å². The Labute approximate surface area is 123 Å². The minimum absolute atomic E-state index is 0.0155. The Morgan fingerprint density at radius 2 is 1.95 bits per heavy atom. The van der Waals surface area contributed by atoms with Crippen LogP contribution in [0.4, 0.5) is 14.5 Å². The summed E-state index contributed by atoms with van der Waals surface area (Å²) in [5, 5.41) is 0. The average molecular weight is 300 g/mol. The van der Waals surface area contributed by atoms with Crippen LogP contribution in [-0.2, 0) is 6.42 Å². The molecule has 1 aliphatic rings. The minimum atomic E-state index is -0.483. The standard InChI is InChI=1S/C15H22F2N2S/c1-10(18)6-11-7-12(16)14(13(17)8-11)19-4-5-20-15(2,3)9-19/h7-8,10H,4-6,9,18H2,1-3H3. The summed E-state index contributed by atoms with van der Waals surface area (Å²) in [6, 6.07) is 2.72. The second kappa shape index (κ2) is 5.90. The molecule has 0 radical (unpaired) electrons. The first-order chi connectivity index (χ1) is 9.28. The van der Waals surface area contributed by atoms with Gasteiger partial charge in [-0.3, -0.25) is 0 Å². The highest BCUT2D eigenvalue weighted by Gasteiger charge is 2.30. The molecule has 0 amide bonds. The van der Waals surface area contributed by atoms with E-state index in [9.17, 15) is 8.78 Å². The molecule has 1 aromatic rings. The van der Waals surface area contributed by atoms with Gasteiger partial charge in [-0.15, -0.1) is 0 Å². The molecule has 1 unspecified atom stereocenters. The Balaban J connectivity index is 2.28. The van der Waals surface area contributed by atoms with Crippen LogP contribution in [0, 0.1) is 11.6 Å². The van der Waals surface area contributed by atoms with Gasteiger partial charge < -0.3 is 10.6 Å². The minimum Gasteiger partial charge on any atom is -0.365 e. The molecule has 0 aromatic heterocycles. The van der Waals surface area contributed by atoms with E-state index in [1.54, 1.807) is 0 Å². The molecular weight excluding hydrogens is 278 g/mol. The fraction of sp³-hybridized carbons (Fsp3) is 0.600. The number of thioether (sulfide) groups is 1. The number of hydrogen-bond donors (Lipinski definition) is 1. The number of rotatable bonds is 3. The third-order valence-electron chi connectivity index (χ3n) is 3.38. The molecule has 1 saturated heterocycles. The first-order valence-corrected chi connectivity index (χ1v) is 7.89. The largest absolute Gasteiger partial charge is 0.365 e. The van der Waals surface area contributed by atoms with Crippen molar-refractivity contribution in [1.29, 1.82) is 0 Å². The first kappa shape index (κ1) is 15.6. The van der Waals surface area contributed by atoms with Crippen molar-refractivity contribution in [2.75, 3.05) is 23.7 Å². The molecule has 1 fully saturated rings. The maximum Gasteiger partial charge on any atom is 0.149 e. The number of benzene rings is 1. The molecule has 2 rings (SSSR count). The predicted molar refractivity (Wildman–Crippen MR) is 82.5 cm³/mol. The summed E-state index contributed by atoms with van der Waals surface area (Å²) < 4.78 is 28.6. The van der Waals surface area contributed by atoms with Gasteiger partial charge in [0, 0.05) is 29.6 Å². The van der Waals surface area contributed by atoms with Gasteiger partial charge in [0.05, 0.1) is 0 Å². The van der Waals surface area contributed by atoms with E-state index in [2.05, 4.69) is 13.8 Å². The van der Waals surface area contributed by atoms with Crippen LogP contribution in [0.3, 0.4) is 0 Å². The van der Waals surface area contributed by atoms with Gasteiger partial charge in [-0.05, 0) is 44.9 Å². The van der Waals surface area contributed by atoms with Gasteiger partial charge in [0.2, 0.25) is 0 Å². The van der Waals surface area contributed by atoms with Gasteiger partial charge in [0.15, 0.2) is 0 Å². The molecule has 5 heteroatoms. The van der Waals surface area contributed by atoms with E-state index in [0.717, 1.165) is 5.75 Å². The number of hydrogen-bond acceptors (Lipinski definition) is 3. The number of halogens is 2. The van der Waals surface area contributed by atoms with Crippen molar-refractivity contribution in [2.24, 2.45) is 5.73 Å². The zero-order valence-electron chi connectivity index (χ0n) is 12.2. The molecule has 2 nitrogen and oxygen atoms in total. The Bertz CT molecular complexity index is 466. The summed E-state index contributed by atoms with van der Waals surface area (Å²) in [5.74, 6) is -0.0836. The van der Waals surface area contributed by atoms with Gasteiger partial charge >= 0.3 is 0 Å². The van der Waals surface area contributed by atoms with E-state index in [-0.39, 0.29) is 16.5 Å². The van der Waals surface area contributed by atoms with Gasteiger partial charge in [0.25, 0.3) is 0 Å². The molecule has 0 aliphatic carbocycles. The van der Waals surface area contributed by atoms with Crippen molar-refractivity contribution in [3.63, 3.8) is 0 Å². The van der Waals surface area contributed by atoms with Crippen LogP contribution in [0.15, 0.2) is 12.1 Å². The van der Waals surface area contributed by atoms with Gasteiger partial charge in [-0.1, -0.05) is 0 Å². The van der Waals surface area contributed by atoms with E-state index in [1.165, 1.54) is 12.1 Å². The van der Waals surface area contributed by atoms with Crippen LogP contribution >= 0.6 is 11.8 Å².